The van der Waals surface area contributed by atoms with Crippen molar-refractivity contribution in [1.82, 2.24) is 4.98 Å². The van der Waals surface area contributed by atoms with Gasteiger partial charge in [0.1, 0.15) is 0 Å². The molecule has 0 spiro atoms. The van der Waals surface area contributed by atoms with Crippen molar-refractivity contribution in [2.45, 2.75) is 26.3 Å². The number of rotatable bonds is 5. The largest absolute Gasteiger partial charge is 0.382 e. The predicted octanol–water partition coefficient (Wildman–Crippen LogP) is 2.94. The number of nitrogens with one attached hydrogen (secondary N) is 1. The van der Waals surface area contributed by atoms with Gasteiger partial charge in [0.05, 0.1) is 0 Å². The molecule has 0 saturated carbocycles. The molecule has 14 heavy (non-hydrogen) atoms. The van der Waals surface area contributed by atoms with Gasteiger partial charge >= 0.3 is 0 Å². The third kappa shape index (κ3) is 3.58. The van der Waals surface area contributed by atoms with E-state index in [9.17, 15) is 0 Å². The van der Waals surface area contributed by atoms with Crippen molar-refractivity contribution in [2.24, 2.45) is 0 Å². The third-order valence-corrected chi connectivity index (χ3v) is 2.82. The monoisotopic (exact) mass is 210 g/mol. The maximum absolute atomic E-state index is 4.07. The standard InChI is InChI=1S/C11H18N2S/c1-9-8-12-6-4-11(9)13-10(2)5-7-14-3/h4,6,8,10H,5,7H2,1-3H3,(H,12,13). The van der Waals surface area contributed by atoms with E-state index in [1.807, 2.05) is 30.2 Å². The first-order valence-corrected chi connectivity index (χ1v) is 6.29. The van der Waals surface area contributed by atoms with Crippen molar-refractivity contribution in [3.8, 4) is 0 Å². The lowest BCUT2D eigenvalue weighted by atomic mass is 10.2. The van der Waals surface area contributed by atoms with Crippen molar-refractivity contribution in [3.63, 3.8) is 0 Å². The SMILES string of the molecule is CSCCC(C)Nc1ccncc1C. The first-order chi connectivity index (χ1) is 6.74. The second kappa shape index (κ2) is 5.91. The number of hydrogen-bond acceptors (Lipinski definition) is 3. The molecule has 0 amide bonds. The Balaban J connectivity index is 2.47. The van der Waals surface area contributed by atoms with Gasteiger partial charge in [-0.05, 0) is 43.9 Å². The van der Waals surface area contributed by atoms with Gasteiger partial charge in [-0.2, -0.15) is 11.8 Å². The molecule has 78 valence electrons. The molecule has 0 saturated heterocycles. The summed E-state index contributed by atoms with van der Waals surface area (Å²) in [6.45, 7) is 4.30. The topological polar surface area (TPSA) is 24.9 Å². The number of thioether (sulfide) groups is 1. The van der Waals surface area contributed by atoms with Gasteiger partial charge in [0.25, 0.3) is 0 Å². The normalized spacial score (nSPS) is 12.5. The van der Waals surface area contributed by atoms with Gasteiger partial charge in [0.2, 0.25) is 0 Å². The van der Waals surface area contributed by atoms with Crippen molar-refractivity contribution in [1.29, 1.82) is 0 Å². The summed E-state index contributed by atoms with van der Waals surface area (Å²) in [5.41, 5.74) is 2.41. The molecule has 0 bridgehead atoms. The molecule has 1 unspecified atom stereocenters. The van der Waals surface area contributed by atoms with Gasteiger partial charge in [-0.25, -0.2) is 0 Å². The van der Waals surface area contributed by atoms with Crippen molar-refractivity contribution < 1.29 is 0 Å². The Kier molecular flexibility index (Phi) is 4.80. The van der Waals surface area contributed by atoms with Crippen LogP contribution >= 0.6 is 11.8 Å². The van der Waals surface area contributed by atoms with Crippen LogP contribution in [0.25, 0.3) is 0 Å². The minimum absolute atomic E-state index is 0.531. The molecule has 1 heterocycles. The van der Waals surface area contributed by atoms with Crippen LogP contribution in [0.3, 0.4) is 0 Å². The van der Waals surface area contributed by atoms with E-state index in [0.29, 0.717) is 6.04 Å². The highest BCUT2D eigenvalue weighted by Crippen LogP contribution is 2.14. The van der Waals surface area contributed by atoms with Crippen LogP contribution in [0.5, 0.6) is 0 Å². The number of aryl methyl sites for hydroxylation is 1. The molecule has 1 aromatic rings. The summed E-state index contributed by atoms with van der Waals surface area (Å²) in [7, 11) is 0. The highest BCUT2D eigenvalue weighted by molar-refractivity contribution is 7.98. The fourth-order valence-corrected chi connectivity index (χ4v) is 1.86. The van der Waals surface area contributed by atoms with Crippen molar-refractivity contribution >= 4 is 17.4 Å². The molecule has 2 nitrogen and oxygen atoms in total. The zero-order valence-corrected chi connectivity index (χ0v) is 9.90. The summed E-state index contributed by atoms with van der Waals surface area (Å²) in [4.78, 5) is 4.07. The van der Waals surface area contributed by atoms with Crippen LogP contribution in [0, 0.1) is 6.92 Å². The maximum atomic E-state index is 4.07. The fraction of sp³-hybridized carbons (Fsp3) is 0.545. The second-order valence-corrected chi connectivity index (χ2v) is 4.50. The minimum Gasteiger partial charge on any atom is -0.382 e. The molecule has 0 fully saturated rings. The predicted molar refractivity (Wildman–Crippen MR) is 65.1 cm³/mol. The molecule has 0 radical (unpaired) electrons. The molecule has 3 heteroatoms. The number of anilines is 1. The van der Waals surface area contributed by atoms with Gasteiger partial charge in [-0.3, -0.25) is 4.98 Å². The molecule has 1 rings (SSSR count). The molecular weight excluding hydrogens is 192 g/mol. The molecular formula is C11H18N2S. The van der Waals surface area contributed by atoms with Crippen molar-refractivity contribution in [3.05, 3.63) is 24.0 Å². The molecule has 1 atom stereocenters. The van der Waals surface area contributed by atoms with E-state index in [4.69, 9.17) is 0 Å². The van der Waals surface area contributed by atoms with Crippen LogP contribution < -0.4 is 5.32 Å². The molecule has 0 aliphatic heterocycles. The summed E-state index contributed by atoms with van der Waals surface area (Å²) >= 11 is 1.89. The first-order valence-electron chi connectivity index (χ1n) is 4.90. The minimum atomic E-state index is 0.531. The van der Waals surface area contributed by atoms with Crippen LogP contribution in [-0.2, 0) is 0 Å². The molecule has 1 N–H and O–H groups in total. The van der Waals surface area contributed by atoms with Gasteiger partial charge in [-0.15, -0.1) is 0 Å². The van der Waals surface area contributed by atoms with Gasteiger partial charge < -0.3 is 5.32 Å². The van der Waals surface area contributed by atoms with Gasteiger partial charge in [0, 0.05) is 24.1 Å². The highest BCUT2D eigenvalue weighted by Gasteiger charge is 2.02. The number of pyridine rings is 1. The van der Waals surface area contributed by atoms with E-state index in [1.54, 1.807) is 0 Å². The van der Waals surface area contributed by atoms with Crippen LogP contribution in [0.2, 0.25) is 0 Å². The third-order valence-electron chi connectivity index (χ3n) is 2.18. The summed E-state index contributed by atoms with van der Waals surface area (Å²) < 4.78 is 0. The maximum Gasteiger partial charge on any atom is 0.0402 e. The van der Waals surface area contributed by atoms with Gasteiger partial charge in [-0.1, -0.05) is 0 Å². The Bertz CT molecular complexity index is 276. The van der Waals surface area contributed by atoms with Crippen molar-refractivity contribution in [2.75, 3.05) is 17.3 Å². The summed E-state index contributed by atoms with van der Waals surface area (Å²) in [5, 5.41) is 3.49. The Labute approximate surface area is 90.5 Å². The zero-order valence-electron chi connectivity index (χ0n) is 9.08. The van der Waals surface area contributed by atoms with Crippen LogP contribution in [-0.4, -0.2) is 23.0 Å². The first kappa shape index (κ1) is 11.4. The summed E-state index contributed by atoms with van der Waals surface area (Å²) in [5.74, 6) is 1.21. The average molecular weight is 210 g/mol. The quantitative estimate of drug-likeness (QED) is 0.809. The smallest absolute Gasteiger partial charge is 0.0402 e. The summed E-state index contributed by atoms with van der Waals surface area (Å²) in [6, 6.07) is 2.56. The molecule has 0 aliphatic rings. The Hall–Kier alpha value is -0.700. The van der Waals surface area contributed by atoms with E-state index < -0.39 is 0 Å². The highest BCUT2D eigenvalue weighted by atomic mass is 32.2. The molecule has 0 aliphatic carbocycles. The van der Waals surface area contributed by atoms with Crippen LogP contribution in [0.15, 0.2) is 18.5 Å². The van der Waals surface area contributed by atoms with E-state index in [0.717, 1.165) is 0 Å². The van der Waals surface area contributed by atoms with Crippen LogP contribution in [0.4, 0.5) is 5.69 Å². The lowest BCUT2D eigenvalue weighted by Crippen LogP contribution is -2.16. The number of nitrogens with zero attached hydrogens (tertiary/aromatic N) is 1. The lowest BCUT2D eigenvalue weighted by molar-refractivity contribution is 0.770. The van der Waals surface area contributed by atoms with Gasteiger partial charge in [0.15, 0.2) is 0 Å². The van der Waals surface area contributed by atoms with E-state index in [1.165, 1.54) is 23.4 Å². The zero-order chi connectivity index (χ0) is 10.4. The van der Waals surface area contributed by atoms with E-state index in [2.05, 4.69) is 30.4 Å². The van der Waals surface area contributed by atoms with Crippen LogP contribution in [0.1, 0.15) is 18.9 Å². The second-order valence-electron chi connectivity index (χ2n) is 3.52. The number of aromatic nitrogens is 1. The molecule has 1 aromatic heterocycles. The lowest BCUT2D eigenvalue weighted by Gasteiger charge is -2.15. The Morgan fingerprint density at radius 3 is 3.00 bits per heavy atom. The Morgan fingerprint density at radius 1 is 1.57 bits per heavy atom. The summed E-state index contributed by atoms with van der Waals surface area (Å²) in [6.07, 6.45) is 7.06. The van der Waals surface area contributed by atoms with E-state index >= 15 is 0 Å². The fourth-order valence-electron chi connectivity index (χ4n) is 1.27. The number of hydrogen-bond donors (Lipinski definition) is 1. The average Bonchev–Trinajstić information content (AvgIpc) is 2.18. The molecule has 0 aromatic carbocycles. The van der Waals surface area contributed by atoms with E-state index in [-0.39, 0.29) is 0 Å². The Morgan fingerprint density at radius 2 is 2.36 bits per heavy atom.